The highest BCUT2D eigenvalue weighted by atomic mass is 16.5. The van der Waals surface area contributed by atoms with E-state index in [1.165, 1.54) is 12.0 Å². The van der Waals surface area contributed by atoms with Crippen molar-refractivity contribution in [1.82, 2.24) is 4.90 Å². The van der Waals surface area contributed by atoms with Crippen LogP contribution in [0.5, 0.6) is 0 Å². The number of hydrogen-bond acceptors (Lipinski definition) is 12. The van der Waals surface area contributed by atoms with E-state index in [-0.39, 0.29) is 73.3 Å². The van der Waals surface area contributed by atoms with Gasteiger partial charge < -0.3 is 39.2 Å². The number of cyclic esters (lactones) is 1. The van der Waals surface area contributed by atoms with Crippen molar-refractivity contribution in [1.29, 1.82) is 0 Å². The molecule has 15 atom stereocenters. The van der Waals surface area contributed by atoms with Gasteiger partial charge in [-0.2, -0.15) is 0 Å². The first-order valence-corrected chi connectivity index (χ1v) is 24.2. The number of rotatable bonds is 6. The molecular weight excluding hydrogens is 831 g/mol. The lowest BCUT2D eigenvalue weighted by Gasteiger charge is -2.43. The molecule has 13 nitrogen and oxygen atoms in total. The molecule has 2 heterocycles. The molecule has 0 spiro atoms. The molecule has 0 radical (unpaired) electrons. The summed E-state index contributed by atoms with van der Waals surface area (Å²) >= 11 is 0. The molecule has 3 N–H and O–H groups in total. The van der Waals surface area contributed by atoms with Gasteiger partial charge in [0, 0.05) is 46.1 Å². The van der Waals surface area contributed by atoms with Crippen LogP contribution >= 0.6 is 0 Å². The number of ether oxygens (including phenoxy) is 4. The Morgan fingerprint density at radius 1 is 0.846 bits per heavy atom. The number of nitrogens with zero attached hydrogens (tertiary/aromatic N) is 1. The molecule has 65 heavy (non-hydrogen) atoms. The van der Waals surface area contributed by atoms with E-state index >= 15 is 0 Å². The monoisotopic (exact) mass is 912 g/mol. The minimum atomic E-state index is -1.93. The van der Waals surface area contributed by atoms with Gasteiger partial charge in [-0.05, 0) is 132 Å². The van der Waals surface area contributed by atoms with Crippen LogP contribution in [0.3, 0.4) is 0 Å². The highest BCUT2D eigenvalue weighted by Crippen LogP contribution is 2.41. The molecule has 366 valence electrons. The fraction of sp³-hybridized carbons (Fsp3) is 0.750. The van der Waals surface area contributed by atoms with E-state index in [0.717, 1.165) is 18.4 Å². The number of fused-ring (bicyclic) bond motifs is 3. The number of amides is 1. The van der Waals surface area contributed by atoms with Crippen molar-refractivity contribution in [3.05, 3.63) is 47.6 Å². The first-order valence-electron chi connectivity index (χ1n) is 24.2. The summed E-state index contributed by atoms with van der Waals surface area (Å²) in [6.45, 7) is 13.0. The Labute approximate surface area is 388 Å². The van der Waals surface area contributed by atoms with Crippen molar-refractivity contribution < 1.29 is 58.2 Å². The average Bonchev–Trinajstić information content (AvgIpc) is 3.28. The number of aliphatic hydroxyl groups excluding tert-OH is 2. The summed E-state index contributed by atoms with van der Waals surface area (Å²) in [6, 6.07) is -1.08. The molecule has 2 aliphatic heterocycles. The second-order valence-electron chi connectivity index (χ2n) is 20.1. The molecule has 4 rings (SSSR count). The normalized spacial score (nSPS) is 39.1. The largest absolute Gasteiger partial charge is 0.460 e. The third-order valence-electron chi connectivity index (χ3n) is 15.1. The Bertz CT molecular complexity index is 1750. The lowest BCUT2D eigenvalue weighted by molar-refractivity contribution is -0.171. The molecular formula is C52H81NO12. The molecule has 0 aromatic carbocycles. The van der Waals surface area contributed by atoms with E-state index in [2.05, 4.69) is 0 Å². The zero-order valence-corrected chi connectivity index (χ0v) is 40.9. The Hall–Kier alpha value is -3.33. The van der Waals surface area contributed by atoms with Crippen LogP contribution in [0.2, 0.25) is 0 Å². The van der Waals surface area contributed by atoms with E-state index in [1.807, 2.05) is 58.1 Å². The summed E-state index contributed by atoms with van der Waals surface area (Å²) in [5, 5.41) is 34.1. The van der Waals surface area contributed by atoms with E-state index in [9.17, 15) is 39.3 Å². The number of carbonyl (C=O) groups is 5. The van der Waals surface area contributed by atoms with Gasteiger partial charge in [0.25, 0.3) is 11.7 Å². The van der Waals surface area contributed by atoms with E-state index in [0.29, 0.717) is 56.9 Å². The number of esters is 1. The van der Waals surface area contributed by atoms with Gasteiger partial charge in [-0.3, -0.25) is 19.2 Å². The van der Waals surface area contributed by atoms with Crippen LogP contribution in [0.15, 0.2) is 47.6 Å². The molecule has 2 unspecified atom stereocenters. The Morgan fingerprint density at radius 3 is 2.25 bits per heavy atom. The summed E-state index contributed by atoms with van der Waals surface area (Å²) < 4.78 is 23.3. The lowest BCUT2D eigenvalue weighted by Crippen LogP contribution is -2.59. The standard InChI is InChI=1S/C52H81NO12/c1-31-16-12-11-13-17-32(2)43(62-8)28-39-20-19-37(7)52(61,30-39)49(58)50(59)53-23-15-14-18-40(53)51(60)65-44(34(4)26-38-21-22-41(54)45(27-38)63-9)29-42(55)33(3)25-36(6)47(57)48(64-10)46(56)35(5)24-31/h11-13,16-17,25,31,33-35,37-41,43-45,47-48,54,57,61H,14-15,18-24,26-30H2,1-10H3/b13-11?,16-12+,32-17?,36-25+/t31-,33-,34-,35-,37-,38?,39+,40+,41-,43+,44+,45-,47?,48+,52+/m1/s1. The molecule has 2 saturated carbocycles. The van der Waals surface area contributed by atoms with Gasteiger partial charge in [0.15, 0.2) is 5.78 Å². The fourth-order valence-corrected chi connectivity index (χ4v) is 10.7. The number of piperidine rings is 1. The Kier molecular flexibility index (Phi) is 21.0. The van der Waals surface area contributed by atoms with Crippen molar-refractivity contribution in [2.75, 3.05) is 27.9 Å². The van der Waals surface area contributed by atoms with Gasteiger partial charge in [-0.1, -0.05) is 71.1 Å². The van der Waals surface area contributed by atoms with Crippen molar-refractivity contribution in [2.45, 2.75) is 180 Å². The summed E-state index contributed by atoms with van der Waals surface area (Å²) in [6.07, 6.45) is 13.0. The highest BCUT2D eigenvalue weighted by Gasteiger charge is 2.51. The number of aliphatic hydroxyl groups is 3. The predicted octanol–water partition coefficient (Wildman–Crippen LogP) is 6.84. The number of carbonyl (C=O) groups excluding carboxylic acids is 5. The maximum atomic E-state index is 14.4. The van der Waals surface area contributed by atoms with Crippen LogP contribution in [-0.2, 0) is 42.9 Å². The van der Waals surface area contributed by atoms with Crippen molar-refractivity contribution in [3.8, 4) is 0 Å². The fourth-order valence-electron chi connectivity index (χ4n) is 10.7. The molecule has 4 aliphatic rings. The smallest absolute Gasteiger partial charge is 0.329 e. The number of hydrogen-bond donors (Lipinski definition) is 3. The Morgan fingerprint density at radius 2 is 1.57 bits per heavy atom. The van der Waals surface area contributed by atoms with Crippen LogP contribution in [0, 0.1) is 41.4 Å². The van der Waals surface area contributed by atoms with Gasteiger partial charge in [0.2, 0.25) is 0 Å². The second kappa shape index (κ2) is 25.2. The third-order valence-corrected chi connectivity index (χ3v) is 15.1. The van der Waals surface area contributed by atoms with Crippen LogP contribution in [-0.4, -0.2) is 126 Å². The molecule has 2 bridgehead atoms. The lowest BCUT2D eigenvalue weighted by atomic mass is 9.67. The zero-order chi connectivity index (χ0) is 48.2. The molecule has 0 aromatic heterocycles. The molecule has 3 fully saturated rings. The van der Waals surface area contributed by atoms with Gasteiger partial charge >= 0.3 is 5.97 Å². The SMILES string of the molecule is CO[C@H]1C[C@@H]2CC[C@@H](C)[C@@](O)(C2)C(=O)C(=O)N2CCCC[C@H]2C(=O)O[C@H]([C@H](C)CC2CC[C@@H](O)[C@H](OC)C2)CC(=O)[C@H](C)/C=C(\C)C(O)[C@@H](OC)C(=O)[C@H](C)C[C@H](C)/C=C/C=CC=C1C. The quantitative estimate of drug-likeness (QED) is 0.143. The van der Waals surface area contributed by atoms with Crippen molar-refractivity contribution in [2.24, 2.45) is 41.4 Å². The first kappa shape index (κ1) is 54.3. The molecule has 0 aromatic rings. The minimum Gasteiger partial charge on any atom is -0.460 e. The summed E-state index contributed by atoms with van der Waals surface area (Å²) in [5.74, 6) is -4.93. The van der Waals surface area contributed by atoms with Gasteiger partial charge in [0.05, 0.1) is 18.3 Å². The number of methoxy groups -OCH3 is 3. The van der Waals surface area contributed by atoms with Gasteiger partial charge in [-0.15, -0.1) is 0 Å². The molecule has 1 amide bonds. The summed E-state index contributed by atoms with van der Waals surface area (Å²) in [4.78, 5) is 72.1. The summed E-state index contributed by atoms with van der Waals surface area (Å²) in [7, 11) is 4.59. The first-order chi connectivity index (χ1) is 30.7. The van der Waals surface area contributed by atoms with Crippen molar-refractivity contribution in [3.63, 3.8) is 0 Å². The Balaban J connectivity index is 1.70. The van der Waals surface area contributed by atoms with E-state index < -0.39 is 71.5 Å². The van der Waals surface area contributed by atoms with Gasteiger partial charge in [0.1, 0.15) is 35.7 Å². The van der Waals surface area contributed by atoms with Crippen LogP contribution in [0.4, 0.5) is 0 Å². The van der Waals surface area contributed by atoms with Crippen LogP contribution in [0.1, 0.15) is 132 Å². The van der Waals surface area contributed by atoms with Crippen LogP contribution in [0.25, 0.3) is 0 Å². The zero-order valence-electron chi connectivity index (χ0n) is 40.9. The van der Waals surface area contributed by atoms with Gasteiger partial charge in [-0.25, -0.2) is 4.79 Å². The minimum absolute atomic E-state index is 0.0358. The predicted molar refractivity (Wildman–Crippen MR) is 248 cm³/mol. The molecule has 13 heteroatoms. The maximum Gasteiger partial charge on any atom is 0.329 e. The average molecular weight is 912 g/mol. The number of ketones is 3. The van der Waals surface area contributed by atoms with Crippen molar-refractivity contribution >= 4 is 29.2 Å². The second-order valence-corrected chi connectivity index (χ2v) is 20.1. The third kappa shape index (κ3) is 14.3. The number of allylic oxidation sites excluding steroid dienone is 6. The molecule has 2 aliphatic carbocycles. The highest BCUT2D eigenvalue weighted by molar-refractivity contribution is 6.39. The number of Topliss-reactive ketones (excluding diaryl/α,β-unsaturated/α-hetero) is 3. The topological polar surface area (TPSA) is 186 Å². The maximum absolute atomic E-state index is 14.4. The summed E-state index contributed by atoms with van der Waals surface area (Å²) in [5.41, 5.74) is -0.571. The van der Waals surface area contributed by atoms with Crippen LogP contribution < -0.4 is 0 Å². The van der Waals surface area contributed by atoms with E-state index in [1.54, 1.807) is 41.1 Å². The molecule has 1 saturated heterocycles. The van der Waals surface area contributed by atoms with E-state index in [4.69, 9.17) is 18.9 Å².